The van der Waals surface area contributed by atoms with Crippen LogP contribution in [0.4, 0.5) is 0 Å². The van der Waals surface area contributed by atoms with Gasteiger partial charge in [-0.25, -0.2) is 9.97 Å². The van der Waals surface area contributed by atoms with Gasteiger partial charge in [0.05, 0.1) is 17.1 Å². The minimum Gasteiger partial charge on any atom is -0.310 e. The Balaban J connectivity index is 3.07. The first-order chi connectivity index (χ1) is 7.13. The molecule has 0 fully saturated rings. The zero-order chi connectivity index (χ0) is 11.0. The molecule has 0 spiro atoms. The van der Waals surface area contributed by atoms with E-state index in [1.54, 1.807) is 6.92 Å². The lowest BCUT2D eigenvalue weighted by molar-refractivity contribution is 1.05. The van der Waals surface area contributed by atoms with Crippen LogP contribution < -0.4 is 5.56 Å². The first-order valence-electron chi connectivity index (χ1n) is 4.08. The molecular weight excluding hydrogens is 216 g/mol. The molecule has 2 aromatic rings. The summed E-state index contributed by atoms with van der Waals surface area (Å²) in [5, 5.41) is 9.05. The van der Waals surface area contributed by atoms with E-state index in [0.29, 0.717) is 11.3 Å². The molecule has 2 rings (SSSR count). The van der Waals surface area contributed by atoms with Crippen molar-refractivity contribution in [2.75, 3.05) is 0 Å². The van der Waals surface area contributed by atoms with Crippen LogP contribution in [-0.2, 0) is 0 Å². The Hall–Kier alpha value is -1.93. The summed E-state index contributed by atoms with van der Waals surface area (Å²) in [6, 6.07) is 1.84. The zero-order valence-corrected chi connectivity index (χ0v) is 8.46. The average Bonchev–Trinajstić information content (AvgIpc) is 2.18. The number of pyridine rings is 1. The van der Waals surface area contributed by atoms with E-state index in [2.05, 4.69) is 15.0 Å². The third-order valence-corrected chi connectivity index (χ3v) is 2.22. The number of hydrogen-bond donors (Lipinski definition) is 1. The Morgan fingerprint density at radius 3 is 3.00 bits per heavy atom. The quantitative estimate of drug-likeness (QED) is 0.675. The number of rotatable bonds is 0. The molecule has 0 atom stereocenters. The lowest BCUT2D eigenvalue weighted by Gasteiger charge is -2.00. The molecule has 2 aromatic heterocycles. The van der Waals surface area contributed by atoms with E-state index >= 15 is 0 Å². The number of nitrogens with zero attached hydrogens (tertiary/aromatic N) is 3. The van der Waals surface area contributed by atoms with E-state index in [9.17, 15) is 4.79 Å². The van der Waals surface area contributed by atoms with Crippen molar-refractivity contribution in [2.45, 2.75) is 6.92 Å². The molecule has 1 N–H and O–H groups in total. The molecule has 0 aliphatic carbocycles. The molecule has 0 saturated carbocycles. The minimum absolute atomic E-state index is 0.0150. The largest absolute Gasteiger partial charge is 0.310 e. The van der Waals surface area contributed by atoms with E-state index in [1.165, 1.54) is 6.20 Å². The van der Waals surface area contributed by atoms with Crippen molar-refractivity contribution >= 4 is 22.5 Å². The highest BCUT2D eigenvalue weighted by atomic mass is 35.5. The molecule has 0 amide bonds. The summed E-state index contributed by atoms with van der Waals surface area (Å²) in [6.45, 7) is 1.65. The number of nitriles is 1. The van der Waals surface area contributed by atoms with Gasteiger partial charge in [0.1, 0.15) is 22.6 Å². The minimum atomic E-state index is -0.377. The lowest BCUT2D eigenvalue weighted by Crippen LogP contribution is -2.11. The molecular formula is C9H5ClN4O. The number of H-pyrrole nitrogens is 1. The maximum atomic E-state index is 11.6. The number of aryl methyl sites for hydroxylation is 1. The molecule has 0 bridgehead atoms. The van der Waals surface area contributed by atoms with Crippen molar-refractivity contribution in [2.24, 2.45) is 0 Å². The monoisotopic (exact) mass is 220 g/mol. The van der Waals surface area contributed by atoms with Gasteiger partial charge in [-0.2, -0.15) is 5.26 Å². The van der Waals surface area contributed by atoms with E-state index in [4.69, 9.17) is 16.9 Å². The topological polar surface area (TPSA) is 82.4 Å². The van der Waals surface area contributed by atoms with E-state index in [-0.39, 0.29) is 21.7 Å². The summed E-state index contributed by atoms with van der Waals surface area (Å²) in [6.07, 6.45) is 1.38. The summed E-state index contributed by atoms with van der Waals surface area (Å²) in [4.78, 5) is 22.0. The van der Waals surface area contributed by atoms with Crippen LogP contribution in [0.15, 0.2) is 11.0 Å². The highest BCUT2D eigenvalue weighted by Gasteiger charge is 2.11. The van der Waals surface area contributed by atoms with E-state index < -0.39 is 0 Å². The Labute approximate surface area is 89.4 Å². The van der Waals surface area contributed by atoms with Gasteiger partial charge in [-0.15, -0.1) is 0 Å². The molecule has 5 nitrogen and oxygen atoms in total. The second kappa shape index (κ2) is 3.33. The average molecular weight is 221 g/mol. The molecule has 6 heteroatoms. The van der Waals surface area contributed by atoms with Crippen molar-refractivity contribution in [1.29, 1.82) is 5.26 Å². The number of halogens is 1. The summed E-state index contributed by atoms with van der Waals surface area (Å²) in [7, 11) is 0. The maximum absolute atomic E-state index is 11.6. The van der Waals surface area contributed by atoms with Crippen LogP contribution in [0.5, 0.6) is 0 Å². The molecule has 15 heavy (non-hydrogen) atoms. The van der Waals surface area contributed by atoms with Crippen molar-refractivity contribution in [3.8, 4) is 6.07 Å². The predicted octanol–water partition coefficient (Wildman–Crippen LogP) is 1.15. The van der Waals surface area contributed by atoms with E-state index in [0.717, 1.165) is 0 Å². The summed E-state index contributed by atoms with van der Waals surface area (Å²) in [5.41, 5.74) is 0.0541. The van der Waals surface area contributed by atoms with Crippen molar-refractivity contribution < 1.29 is 0 Å². The summed E-state index contributed by atoms with van der Waals surface area (Å²) in [5.74, 6) is 0.473. The molecule has 74 valence electrons. The number of aromatic nitrogens is 3. The number of hydrogen-bond acceptors (Lipinski definition) is 4. The Kier molecular flexibility index (Phi) is 2.14. The van der Waals surface area contributed by atoms with Gasteiger partial charge in [0.15, 0.2) is 0 Å². The number of nitrogens with one attached hydrogen (secondary N) is 1. The zero-order valence-electron chi connectivity index (χ0n) is 7.71. The van der Waals surface area contributed by atoms with Crippen LogP contribution in [0.1, 0.15) is 11.4 Å². The van der Waals surface area contributed by atoms with E-state index in [1.807, 2.05) is 6.07 Å². The molecule has 0 aromatic carbocycles. The fourth-order valence-corrected chi connectivity index (χ4v) is 1.52. The fourth-order valence-electron chi connectivity index (χ4n) is 1.33. The van der Waals surface area contributed by atoms with Crippen LogP contribution in [-0.4, -0.2) is 15.0 Å². The van der Waals surface area contributed by atoms with Crippen LogP contribution in [0, 0.1) is 18.3 Å². The first-order valence-corrected chi connectivity index (χ1v) is 4.46. The predicted molar refractivity (Wildman–Crippen MR) is 54.6 cm³/mol. The number of aromatic amines is 1. The van der Waals surface area contributed by atoms with Gasteiger partial charge in [-0.05, 0) is 6.92 Å². The van der Waals surface area contributed by atoms with Crippen LogP contribution >= 0.6 is 11.6 Å². The molecule has 2 heterocycles. The second-order valence-electron chi connectivity index (χ2n) is 2.95. The third kappa shape index (κ3) is 1.45. The van der Waals surface area contributed by atoms with Gasteiger partial charge >= 0.3 is 0 Å². The van der Waals surface area contributed by atoms with Gasteiger partial charge < -0.3 is 4.98 Å². The Bertz CT molecular complexity index is 641. The van der Waals surface area contributed by atoms with Crippen molar-refractivity contribution in [3.63, 3.8) is 0 Å². The van der Waals surface area contributed by atoms with Gasteiger partial charge in [0.25, 0.3) is 5.56 Å². The summed E-state index contributed by atoms with van der Waals surface area (Å²) >= 11 is 5.70. The molecule has 0 radical (unpaired) electrons. The number of fused-ring (bicyclic) bond motifs is 1. The summed E-state index contributed by atoms with van der Waals surface area (Å²) < 4.78 is 0. The maximum Gasteiger partial charge on any atom is 0.260 e. The Morgan fingerprint density at radius 1 is 1.60 bits per heavy atom. The first kappa shape index (κ1) is 9.62. The third-order valence-electron chi connectivity index (χ3n) is 1.93. The van der Waals surface area contributed by atoms with Crippen LogP contribution in [0.2, 0.25) is 5.15 Å². The second-order valence-corrected chi connectivity index (χ2v) is 3.31. The molecule has 0 aliphatic rings. The molecule has 0 unspecified atom stereocenters. The van der Waals surface area contributed by atoms with Gasteiger partial charge in [-0.1, -0.05) is 11.6 Å². The lowest BCUT2D eigenvalue weighted by atomic mass is 10.2. The molecule has 0 aliphatic heterocycles. The highest BCUT2D eigenvalue weighted by Crippen LogP contribution is 2.18. The standard InChI is InChI=1S/C9H5ClN4O/c1-4-13-6-3-12-8(10)5(2-11)7(6)9(15)14-4/h3H,1H3,(H,13,14,15). The molecule has 0 saturated heterocycles. The smallest absolute Gasteiger partial charge is 0.260 e. The van der Waals surface area contributed by atoms with Crippen molar-refractivity contribution in [3.05, 3.63) is 33.1 Å². The highest BCUT2D eigenvalue weighted by molar-refractivity contribution is 6.31. The van der Waals surface area contributed by atoms with Crippen LogP contribution in [0.25, 0.3) is 10.9 Å². The van der Waals surface area contributed by atoms with Gasteiger partial charge in [0, 0.05) is 0 Å². The Morgan fingerprint density at radius 2 is 2.33 bits per heavy atom. The normalized spacial score (nSPS) is 10.2. The van der Waals surface area contributed by atoms with Crippen molar-refractivity contribution in [1.82, 2.24) is 15.0 Å². The van der Waals surface area contributed by atoms with Crippen LogP contribution in [0.3, 0.4) is 0 Å². The fraction of sp³-hybridized carbons (Fsp3) is 0.111. The van der Waals surface area contributed by atoms with Gasteiger partial charge in [0.2, 0.25) is 0 Å². The SMILES string of the molecule is Cc1nc2cnc(Cl)c(C#N)c2c(=O)[nH]1. The van der Waals surface area contributed by atoms with Gasteiger partial charge in [-0.3, -0.25) is 4.79 Å².